The molecule has 0 saturated heterocycles. The van der Waals surface area contributed by atoms with Crippen LogP contribution in [0.3, 0.4) is 0 Å². The molecule has 0 heterocycles. The van der Waals surface area contributed by atoms with E-state index in [1.165, 1.54) is 13.2 Å². The zero-order valence-corrected chi connectivity index (χ0v) is 16.0. The fourth-order valence-corrected chi connectivity index (χ4v) is 2.44. The number of amides is 1. The van der Waals surface area contributed by atoms with E-state index in [9.17, 15) is 9.59 Å². The average molecular weight is 367 g/mol. The maximum absolute atomic E-state index is 12.5. The van der Waals surface area contributed by atoms with Crippen LogP contribution in [0.25, 0.3) is 6.08 Å². The van der Waals surface area contributed by atoms with Crippen molar-refractivity contribution in [2.45, 2.75) is 20.3 Å². The summed E-state index contributed by atoms with van der Waals surface area (Å²) in [5, 5.41) is 0.655. The first-order valence-corrected chi connectivity index (χ1v) is 8.89. The van der Waals surface area contributed by atoms with Crippen LogP contribution in [0, 0.1) is 0 Å². The zero-order valence-electron chi connectivity index (χ0n) is 15.2. The second-order valence-corrected chi connectivity index (χ2v) is 6.00. The normalized spacial score (nSPS) is 11.1. The van der Waals surface area contributed by atoms with Crippen LogP contribution >= 0.6 is 11.6 Å². The number of carbonyl (C=O) groups is 2. The van der Waals surface area contributed by atoms with Gasteiger partial charge in [-0.1, -0.05) is 37.6 Å². The molecule has 25 heavy (non-hydrogen) atoms. The fraction of sp³-hybridized carbons (Fsp3) is 0.474. The van der Waals surface area contributed by atoms with Crippen LogP contribution < -0.4 is 0 Å². The van der Waals surface area contributed by atoms with Gasteiger partial charge in [-0.2, -0.15) is 0 Å². The topological polar surface area (TPSA) is 49.9 Å². The average Bonchev–Trinajstić information content (AvgIpc) is 2.63. The molecule has 0 spiro atoms. The van der Waals surface area contributed by atoms with E-state index in [0.717, 1.165) is 25.2 Å². The van der Waals surface area contributed by atoms with Crippen molar-refractivity contribution in [1.29, 1.82) is 0 Å². The molecule has 0 aliphatic rings. The molecule has 1 rings (SSSR count). The SMILES string of the molecule is CCN(CC)CCN(CCC(=O)OC)C(=O)/C=C/c1ccc(Cl)cc1. The van der Waals surface area contributed by atoms with E-state index in [1.807, 2.05) is 12.1 Å². The highest BCUT2D eigenvalue weighted by Gasteiger charge is 2.14. The van der Waals surface area contributed by atoms with Crippen molar-refractivity contribution in [2.24, 2.45) is 0 Å². The van der Waals surface area contributed by atoms with E-state index < -0.39 is 0 Å². The van der Waals surface area contributed by atoms with Crippen LogP contribution in [0.1, 0.15) is 25.8 Å². The lowest BCUT2D eigenvalue weighted by atomic mass is 10.2. The van der Waals surface area contributed by atoms with E-state index >= 15 is 0 Å². The van der Waals surface area contributed by atoms with Gasteiger partial charge in [-0.15, -0.1) is 0 Å². The Bertz CT molecular complexity index is 569. The van der Waals surface area contributed by atoms with Gasteiger partial charge < -0.3 is 14.5 Å². The molecule has 138 valence electrons. The summed E-state index contributed by atoms with van der Waals surface area (Å²) in [4.78, 5) is 27.8. The highest BCUT2D eigenvalue weighted by atomic mass is 35.5. The highest BCUT2D eigenvalue weighted by molar-refractivity contribution is 6.30. The Kier molecular flexibility index (Phi) is 9.88. The Morgan fingerprint density at radius 3 is 2.28 bits per heavy atom. The number of hydrogen-bond donors (Lipinski definition) is 0. The van der Waals surface area contributed by atoms with Crippen LogP contribution in [0.5, 0.6) is 0 Å². The summed E-state index contributed by atoms with van der Waals surface area (Å²) >= 11 is 5.86. The van der Waals surface area contributed by atoms with Gasteiger partial charge in [0.2, 0.25) is 5.91 Å². The zero-order chi connectivity index (χ0) is 18.7. The molecule has 0 aliphatic carbocycles. The molecule has 0 radical (unpaired) electrons. The summed E-state index contributed by atoms with van der Waals surface area (Å²) in [6.07, 6.45) is 3.47. The number of esters is 1. The summed E-state index contributed by atoms with van der Waals surface area (Å²) in [7, 11) is 1.35. The van der Waals surface area contributed by atoms with E-state index in [4.69, 9.17) is 11.6 Å². The number of likely N-dealkylation sites (N-methyl/N-ethyl adjacent to an activating group) is 1. The van der Waals surface area contributed by atoms with Gasteiger partial charge in [-0.25, -0.2) is 0 Å². The fourth-order valence-electron chi connectivity index (χ4n) is 2.31. The van der Waals surface area contributed by atoms with Gasteiger partial charge >= 0.3 is 5.97 Å². The second kappa shape index (κ2) is 11.7. The van der Waals surface area contributed by atoms with Crippen LogP contribution in [0.15, 0.2) is 30.3 Å². The number of hydrogen-bond acceptors (Lipinski definition) is 4. The minimum atomic E-state index is -0.317. The number of halogens is 1. The van der Waals surface area contributed by atoms with E-state index in [-0.39, 0.29) is 18.3 Å². The molecule has 5 nitrogen and oxygen atoms in total. The van der Waals surface area contributed by atoms with Crippen LogP contribution in [0.2, 0.25) is 5.02 Å². The largest absolute Gasteiger partial charge is 0.469 e. The maximum Gasteiger partial charge on any atom is 0.307 e. The Labute approximate surface area is 155 Å². The van der Waals surface area contributed by atoms with Crippen LogP contribution in [-0.2, 0) is 14.3 Å². The predicted molar refractivity (Wildman–Crippen MR) is 101 cm³/mol. The third kappa shape index (κ3) is 8.18. The standard InChI is InChI=1S/C19H27ClN2O3/c1-4-21(5-2)14-15-22(13-12-19(24)25-3)18(23)11-8-16-6-9-17(20)10-7-16/h6-11H,4-5,12-15H2,1-3H3/b11-8+. The summed E-state index contributed by atoms with van der Waals surface area (Å²) in [5.41, 5.74) is 0.898. The first-order valence-electron chi connectivity index (χ1n) is 8.51. The minimum absolute atomic E-state index is 0.119. The van der Waals surface area contributed by atoms with Crippen LogP contribution in [-0.4, -0.2) is 61.5 Å². The van der Waals surface area contributed by atoms with Gasteiger partial charge in [0.1, 0.15) is 0 Å². The third-order valence-corrected chi connectivity index (χ3v) is 4.25. The van der Waals surface area contributed by atoms with Gasteiger partial charge in [0.15, 0.2) is 0 Å². The molecule has 1 amide bonds. The number of nitrogens with zero attached hydrogens (tertiary/aromatic N) is 2. The molecule has 1 aromatic rings. The van der Waals surface area contributed by atoms with Gasteiger partial charge in [-0.05, 0) is 36.9 Å². The second-order valence-electron chi connectivity index (χ2n) is 5.56. The summed E-state index contributed by atoms with van der Waals surface area (Å²) < 4.78 is 4.67. The van der Waals surface area contributed by atoms with Crippen molar-refractivity contribution in [1.82, 2.24) is 9.80 Å². The molecule has 0 fully saturated rings. The molecule has 0 saturated carbocycles. The van der Waals surface area contributed by atoms with Crippen molar-refractivity contribution in [2.75, 3.05) is 39.8 Å². The molecular formula is C19H27ClN2O3. The van der Waals surface area contributed by atoms with E-state index in [1.54, 1.807) is 23.1 Å². The molecule has 0 bridgehead atoms. The van der Waals surface area contributed by atoms with Crippen molar-refractivity contribution in [3.8, 4) is 0 Å². The summed E-state index contributed by atoms with van der Waals surface area (Å²) in [6, 6.07) is 7.25. The Morgan fingerprint density at radius 2 is 1.72 bits per heavy atom. The van der Waals surface area contributed by atoms with Gasteiger partial charge in [0, 0.05) is 30.7 Å². The maximum atomic E-state index is 12.5. The van der Waals surface area contributed by atoms with Gasteiger partial charge in [0.05, 0.1) is 13.5 Å². The Hall–Kier alpha value is -1.85. The van der Waals surface area contributed by atoms with Crippen LogP contribution in [0.4, 0.5) is 0 Å². The lowest BCUT2D eigenvalue weighted by Gasteiger charge is -2.25. The van der Waals surface area contributed by atoms with Crippen molar-refractivity contribution in [3.63, 3.8) is 0 Å². The quantitative estimate of drug-likeness (QED) is 0.471. The van der Waals surface area contributed by atoms with Gasteiger partial charge in [0.25, 0.3) is 0 Å². The highest BCUT2D eigenvalue weighted by Crippen LogP contribution is 2.11. The van der Waals surface area contributed by atoms with E-state index in [0.29, 0.717) is 18.1 Å². The monoisotopic (exact) mass is 366 g/mol. The molecular weight excluding hydrogens is 340 g/mol. The van der Waals surface area contributed by atoms with Crippen molar-refractivity contribution >= 4 is 29.6 Å². The predicted octanol–water partition coefficient (Wildman–Crippen LogP) is 3.09. The molecule has 0 aliphatic heterocycles. The van der Waals surface area contributed by atoms with Crippen molar-refractivity contribution < 1.29 is 14.3 Å². The Morgan fingerprint density at radius 1 is 1.08 bits per heavy atom. The molecule has 0 unspecified atom stereocenters. The lowest BCUT2D eigenvalue weighted by molar-refractivity contribution is -0.141. The lowest BCUT2D eigenvalue weighted by Crippen LogP contribution is -2.39. The van der Waals surface area contributed by atoms with E-state index in [2.05, 4.69) is 23.5 Å². The molecule has 6 heteroatoms. The number of rotatable bonds is 10. The molecule has 0 atom stereocenters. The Balaban J connectivity index is 2.72. The summed E-state index contributed by atoms with van der Waals surface area (Å²) in [5.74, 6) is -0.437. The molecule has 1 aromatic carbocycles. The first-order chi connectivity index (χ1) is 12.0. The number of ether oxygens (including phenoxy) is 1. The number of benzene rings is 1. The number of methoxy groups -OCH3 is 1. The molecule has 0 aromatic heterocycles. The third-order valence-electron chi connectivity index (χ3n) is 3.99. The first kappa shape index (κ1) is 21.2. The van der Waals surface area contributed by atoms with Crippen molar-refractivity contribution in [3.05, 3.63) is 40.9 Å². The molecule has 0 N–H and O–H groups in total. The van der Waals surface area contributed by atoms with Gasteiger partial charge in [-0.3, -0.25) is 9.59 Å². The number of carbonyl (C=O) groups excluding carboxylic acids is 2. The minimum Gasteiger partial charge on any atom is -0.469 e. The smallest absolute Gasteiger partial charge is 0.307 e. The summed E-state index contributed by atoms with van der Waals surface area (Å²) in [6.45, 7) is 7.72.